The fourth-order valence-electron chi connectivity index (χ4n) is 2.02. The van der Waals surface area contributed by atoms with Crippen LogP contribution in [0.4, 0.5) is 10.1 Å². The average Bonchev–Trinajstić information content (AvgIpc) is 2.30. The van der Waals surface area contributed by atoms with Crippen LogP contribution in [0, 0.1) is 5.82 Å². The second-order valence-electron chi connectivity index (χ2n) is 4.15. The van der Waals surface area contributed by atoms with Crippen LogP contribution < -0.4 is 4.90 Å². The molecule has 0 atom stereocenters. The van der Waals surface area contributed by atoms with E-state index >= 15 is 0 Å². The van der Waals surface area contributed by atoms with E-state index in [-0.39, 0.29) is 12.4 Å². The second-order valence-corrected chi connectivity index (χ2v) is 4.15. The van der Waals surface area contributed by atoms with Crippen molar-refractivity contribution in [1.29, 1.82) is 0 Å². The smallest absolute Gasteiger partial charge is 0.146 e. The topological polar surface area (TPSA) is 23.5 Å². The lowest BCUT2D eigenvalue weighted by molar-refractivity contribution is 0.281. The number of nitrogens with zero attached hydrogens (tertiary/aromatic N) is 1. The number of para-hydroxylation sites is 1. The van der Waals surface area contributed by atoms with Gasteiger partial charge in [-0.1, -0.05) is 23.8 Å². The van der Waals surface area contributed by atoms with Crippen LogP contribution in [0.3, 0.4) is 0 Å². The molecule has 1 aliphatic heterocycles. The first-order chi connectivity index (χ1) is 7.72. The zero-order chi connectivity index (χ0) is 11.5. The van der Waals surface area contributed by atoms with E-state index in [1.807, 2.05) is 4.90 Å². The van der Waals surface area contributed by atoms with Crippen LogP contribution in [-0.2, 0) is 6.61 Å². The molecule has 1 heterocycles. The van der Waals surface area contributed by atoms with Gasteiger partial charge in [0.1, 0.15) is 5.82 Å². The van der Waals surface area contributed by atoms with Gasteiger partial charge in [0.2, 0.25) is 0 Å². The van der Waals surface area contributed by atoms with Gasteiger partial charge in [-0.15, -0.1) is 0 Å². The van der Waals surface area contributed by atoms with Crippen LogP contribution >= 0.6 is 0 Å². The number of halogens is 1. The second kappa shape index (κ2) is 4.66. The van der Waals surface area contributed by atoms with Gasteiger partial charge >= 0.3 is 0 Å². The Hall–Kier alpha value is -1.35. The standard InChI is InChI=1S/C13H16FNO/c1-10-5-7-15(8-6-10)13-11(9-16)3-2-4-12(13)14/h2-5,16H,6-9H2,1H3. The molecule has 86 valence electrons. The van der Waals surface area contributed by atoms with Crippen molar-refractivity contribution in [1.82, 2.24) is 0 Å². The molecular formula is C13H16FNO. The van der Waals surface area contributed by atoms with Crippen molar-refractivity contribution < 1.29 is 9.50 Å². The normalized spacial score (nSPS) is 16.2. The average molecular weight is 221 g/mol. The van der Waals surface area contributed by atoms with Gasteiger partial charge in [-0.05, 0) is 19.4 Å². The molecule has 0 aromatic heterocycles. The Morgan fingerprint density at radius 1 is 1.44 bits per heavy atom. The molecule has 0 fully saturated rings. The highest BCUT2D eigenvalue weighted by Crippen LogP contribution is 2.27. The maximum atomic E-state index is 13.7. The third kappa shape index (κ3) is 2.09. The SMILES string of the molecule is CC1=CCN(c2c(F)cccc2CO)CC1. The summed E-state index contributed by atoms with van der Waals surface area (Å²) in [6.45, 7) is 3.51. The lowest BCUT2D eigenvalue weighted by Crippen LogP contribution is -2.29. The summed E-state index contributed by atoms with van der Waals surface area (Å²) < 4.78 is 13.7. The van der Waals surface area contributed by atoms with Crippen molar-refractivity contribution in [2.45, 2.75) is 20.0 Å². The third-order valence-electron chi connectivity index (χ3n) is 2.99. The van der Waals surface area contributed by atoms with E-state index < -0.39 is 0 Å². The van der Waals surface area contributed by atoms with Gasteiger partial charge in [0.25, 0.3) is 0 Å². The molecule has 0 radical (unpaired) electrons. The minimum atomic E-state index is -0.250. The van der Waals surface area contributed by atoms with E-state index in [1.165, 1.54) is 11.6 Å². The van der Waals surface area contributed by atoms with Crippen molar-refractivity contribution in [2.75, 3.05) is 18.0 Å². The van der Waals surface area contributed by atoms with E-state index in [0.717, 1.165) is 19.5 Å². The van der Waals surface area contributed by atoms with Crippen LogP contribution in [0.25, 0.3) is 0 Å². The first-order valence-electron chi connectivity index (χ1n) is 5.51. The van der Waals surface area contributed by atoms with Gasteiger partial charge in [0, 0.05) is 18.7 Å². The quantitative estimate of drug-likeness (QED) is 0.775. The molecule has 0 unspecified atom stereocenters. The largest absolute Gasteiger partial charge is 0.392 e. The number of rotatable bonds is 2. The predicted octanol–water partition coefficient (Wildman–Crippen LogP) is 2.47. The van der Waals surface area contributed by atoms with Gasteiger partial charge in [-0.25, -0.2) is 4.39 Å². The van der Waals surface area contributed by atoms with Crippen LogP contribution in [0.1, 0.15) is 18.9 Å². The molecule has 0 saturated carbocycles. The number of aliphatic hydroxyl groups is 1. The highest BCUT2D eigenvalue weighted by molar-refractivity contribution is 5.55. The number of aliphatic hydroxyl groups excluding tert-OH is 1. The van der Waals surface area contributed by atoms with Gasteiger partial charge in [-0.2, -0.15) is 0 Å². The minimum Gasteiger partial charge on any atom is -0.392 e. The fourth-order valence-corrected chi connectivity index (χ4v) is 2.02. The van der Waals surface area contributed by atoms with Gasteiger partial charge in [-0.3, -0.25) is 0 Å². The van der Waals surface area contributed by atoms with Gasteiger partial charge in [0.05, 0.1) is 12.3 Å². The highest BCUT2D eigenvalue weighted by atomic mass is 19.1. The zero-order valence-corrected chi connectivity index (χ0v) is 9.41. The molecule has 2 nitrogen and oxygen atoms in total. The third-order valence-corrected chi connectivity index (χ3v) is 2.99. The molecule has 16 heavy (non-hydrogen) atoms. The Balaban J connectivity index is 2.33. The summed E-state index contributed by atoms with van der Waals surface area (Å²) in [5.41, 5.74) is 2.56. The molecule has 0 bridgehead atoms. The maximum absolute atomic E-state index is 13.7. The van der Waals surface area contributed by atoms with Crippen molar-refractivity contribution in [3.63, 3.8) is 0 Å². The molecule has 2 rings (SSSR count). The molecule has 3 heteroatoms. The first kappa shape index (κ1) is 11.1. The molecule has 1 aromatic rings. The maximum Gasteiger partial charge on any atom is 0.146 e. The van der Waals surface area contributed by atoms with Crippen molar-refractivity contribution in [3.8, 4) is 0 Å². The Morgan fingerprint density at radius 3 is 2.88 bits per heavy atom. The van der Waals surface area contributed by atoms with Crippen molar-refractivity contribution in [3.05, 3.63) is 41.2 Å². The van der Waals surface area contributed by atoms with Gasteiger partial charge < -0.3 is 10.0 Å². The van der Waals surface area contributed by atoms with Crippen LogP contribution in [-0.4, -0.2) is 18.2 Å². The molecule has 1 aliphatic rings. The number of anilines is 1. The molecule has 1 aromatic carbocycles. The summed E-state index contributed by atoms with van der Waals surface area (Å²) in [6.07, 6.45) is 3.07. The number of hydrogen-bond acceptors (Lipinski definition) is 2. The minimum absolute atomic E-state index is 0.119. The lowest BCUT2D eigenvalue weighted by Gasteiger charge is -2.29. The Bertz CT molecular complexity index is 414. The Kier molecular flexibility index (Phi) is 3.25. The van der Waals surface area contributed by atoms with E-state index in [9.17, 15) is 9.50 Å². The van der Waals surface area contributed by atoms with E-state index in [2.05, 4.69) is 13.0 Å². The summed E-state index contributed by atoms with van der Waals surface area (Å²) in [5, 5.41) is 9.22. The number of hydrogen-bond donors (Lipinski definition) is 1. The van der Waals surface area contributed by atoms with Crippen molar-refractivity contribution in [2.24, 2.45) is 0 Å². The summed E-state index contributed by atoms with van der Waals surface area (Å²) >= 11 is 0. The highest BCUT2D eigenvalue weighted by Gasteiger charge is 2.17. The lowest BCUT2D eigenvalue weighted by atomic mass is 10.1. The molecule has 0 aliphatic carbocycles. The molecule has 1 N–H and O–H groups in total. The van der Waals surface area contributed by atoms with Crippen LogP contribution in [0.15, 0.2) is 29.8 Å². The van der Waals surface area contributed by atoms with Crippen LogP contribution in [0.2, 0.25) is 0 Å². The van der Waals surface area contributed by atoms with Crippen LogP contribution in [0.5, 0.6) is 0 Å². The number of benzene rings is 1. The predicted molar refractivity (Wildman–Crippen MR) is 62.9 cm³/mol. The van der Waals surface area contributed by atoms with Crippen molar-refractivity contribution >= 4 is 5.69 Å². The summed E-state index contributed by atoms with van der Waals surface area (Å²) in [5.74, 6) is -0.250. The van der Waals surface area contributed by atoms with Gasteiger partial charge in [0.15, 0.2) is 0 Å². The fraction of sp³-hybridized carbons (Fsp3) is 0.385. The van der Waals surface area contributed by atoms with E-state index in [1.54, 1.807) is 12.1 Å². The Labute approximate surface area is 95.0 Å². The molecule has 0 saturated heterocycles. The molecule has 0 amide bonds. The molecular weight excluding hydrogens is 205 g/mol. The summed E-state index contributed by atoms with van der Waals surface area (Å²) in [4.78, 5) is 1.98. The van der Waals surface area contributed by atoms with E-state index in [4.69, 9.17) is 0 Å². The van der Waals surface area contributed by atoms with E-state index in [0.29, 0.717) is 11.3 Å². The monoisotopic (exact) mass is 221 g/mol. The summed E-state index contributed by atoms with van der Waals surface area (Å²) in [6, 6.07) is 4.85. The first-order valence-corrected chi connectivity index (χ1v) is 5.51. The summed E-state index contributed by atoms with van der Waals surface area (Å²) in [7, 11) is 0. The molecule has 0 spiro atoms. The zero-order valence-electron chi connectivity index (χ0n) is 9.41. The Morgan fingerprint density at radius 2 is 2.25 bits per heavy atom.